The molecule has 0 saturated heterocycles. The Kier molecular flexibility index (Phi) is 7.93. The molecule has 0 saturated carbocycles. The van der Waals surface area contributed by atoms with Crippen LogP contribution in [0.25, 0.3) is 33.0 Å². The summed E-state index contributed by atoms with van der Waals surface area (Å²) in [5, 5.41) is 8.35. The fourth-order valence-electron chi connectivity index (χ4n) is 3.03. The van der Waals surface area contributed by atoms with Gasteiger partial charge in [-0.3, -0.25) is 4.79 Å². The van der Waals surface area contributed by atoms with E-state index in [1.165, 1.54) is 12.5 Å². The van der Waals surface area contributed by atoms with Crippen LogP contribution in [0.15, 0.2) is 56.4 Å². The van der Waals surface area contributed by atoms with Gasteiger partial charge < -0.3 is 29.7 Å². The van der Waals surface area contributed by atoms with E-state index in [0.29, 0.717) is 32.1 Å². The van der Waals surface area contributed by atoms with E-state index in [1.54, 1.807) is 44.2 Å². The summed E-state index contributed by atoms with van der Waals surface area (Å²) in [6.45, 7) is 3.65. The van der Waals surface area contributed by atoms with Crippen molar-refractivity contribution in [2.45, 2.75) is 13.8 Å². The summed E-state index contributed by atoms with van der Waals surface area (Å²) < 4.78 is 15.5. The fraction of sp³-hybridized carbons (Fsp3) is 0.130. The molecule has 5 rings (SSSR count). The van der Waals surface area contributed by atoms with E-state index in [9.17, 15) is 9.59 Å². The van der Waals surface area contributed by atoms with Gasteiger partial charge in [0.15, 0.2) is 11.2 Å². The molecular formula is C23H20Cl2N4O5. The Bertz CT molecular complexity index is 1540. The molecule has 3 aromatic heterocycles. The summed E-state index contributed by atoms with van der Waals surface area (Å²) in [7, 11) is 0. The SMILES string of the molecule is CC=N.CCOC(=O)c1oc2c(Cl)cccc2c1N.O=c1[nH]cnc2c1oc1c(Cl)cccc12. The second-order valence-corrected chi connectivity index (χ2v) is 7.41. The molecule has 0 radical (unpaired) electrons. The average molecular weight is 503 g/mol. The van der Waals surface area contributed by atoms with Gasteiger partial charge in [-0.2, -0.15) is 0 Å². The van der Waals surface area contributed by atoms with Crippen molar-refractivity contribution in [3.63, 3.8) is 0 Å². The Labute approximate surface area is 202 Å². The van der Waals surface area contributed by atoms with Crippen LogP contribution >= 0.6 is 23.2 Å². The number of rotatable bonds is 2. The Morgan fingerprint density at radius 1 is 1.12 bits per heavy atom. The topological polar surface area (TPSA) is 148 Å². The van der Waals surface area contributed by atoms with Crippen LogP contribution in [-0.2, 0) is 4.74 Å². The number of H-pyrrole nitrogens is 1. The lowest BCUT2D eigenvalue weighted by Crippen LogP contribution is -2.05. The number of fused-ring (bicyclic) bond motifs is 4. The third kappa shape index (κ3) is 4.90. The molecule has 0 amide bonds. The second-order valence-electron chi connectivity index (χ2n) is 6.60. The van der Waals surface area contributed by atoms with Crippen molar-refractivity contribution in [3.05, 3.63) is 68.9 Å². The van der Waals surface area contributed by atoms with Gasteiger partial charge in [-0.25, -0.2) is 9.78 Å². The lowest BCUT2D eigenvalue weighted by atomic mass is 10.2. The highest BCUT2D eigenvalue weighted by atomic mass is 35.5. The number of halogens is 2. The van der Waals surface area contributed by atoms with Crippen LogP contribution in [-0.4, -0.2) is 28.8 Å². The summed E-state index contributed by atoms with van der Waals surface area (Å²) in [5.74, 6) is -0.572. The van der Waals surface area contributed by atoms with Crippen LogP contribution in [0.5, 0.6) is 0 Å². The molecule has 0 spiro atoms. The largest absolute Gasteiger partial charge is 0.460 e. The number of ether oxygens (including phenoxy) is 1. The number of esters is 1. The summed E-state index contributed by atoms with van der Waals surface area (Å²) in [6, 6.07) is 10.5. The number of para-hydroxylation sites is 2. The monoisotopic (exact) mass is 502 g/mol. The minimum atomic E-state index is -0.577. The molecule has 0 aliphatic heterocycles. The van der Waals surface area contributed by atoms with Crippen molar-refractivity contribution in [3.8, 4) is 0 Å². The number of nitrogen functional groups attached to an aromatic ring is 1. The summed E-state index contributed by atoms with van der Waals surface area (Å²) in [5.41, 5.74) is 7.40. The van der Waals surface area contributed by atoms with Gasteiger partial charge in [0.2, 0.25) is 11.3 Å². The van der Waals surface area contributed by atoms with E-state index in [0.717, 1.165) is 5.39 Å². The van der Waals surface area contributed by atoms with Gasteiger partial charge >= 0.3 is 5.97 Å². The molecule has 9 nitrogen and oxygen atoms in total. The minimum absolute atomic E-state index is 0.00458. The predicted molar refractivity (Wildman–Crippen MR) is 133 cm³/mol. The minimum Gasteiger partial charge on any atom is -0.460 e. The first kappa shape index (κ1) is 24.8. The molecule has 2 aromatic carbocycles. The molecule has 0 bridgehead atoms. The Balaban J connectivity index is 0.000000171. The summed E-state index contributed by atoms with van der Waals surface area (Å²) in [6.07, 6.45) is 2.60. The maximum Gasteiger partial charge on any atom is 0.376 e. The maximum atomic E-state index is 11.5. The number of hydrogen-bond acceptors (Lipinski definition) is 8. The first-order valence-corrected chi connectivity index (χ1v) is 10.7. The Hall–Kier alpha value is -3.82. The number of hydrogen-bond donors (Lipinski definition) is 3. The van der Waals surface area contributed by atoms with E-state index in [-0.39, 0.29) is 29.2 Å². The fourth-order valence-corrected chi connectivity index (χ4v) is 3.45. The molecule has 5 aromatic rings. The van der Waals surface area contributed by atoms with E-state index in [2.05, 4.69) is 9.97 Å². The number of nitrogens with two attached hydrogens (primary N) is 1. The number of aromatic nitrogens is 2. The molecular weight excluding hydrogens is 483 g/mol. The van der Waals surface area contributed by atoms with Crippen LogP contribution in [0.1, 0.15) is 24.4 Å². The molecule has 0 aliphatic rings. The first-order chi connectivity index (χ1) is 16.3. The number of aromatic amines is 1. The second kappa shape index (κ2) is 10.9. The van der Waals surface area contributed by atoms with E-state index in [1.807, 2.05) is 6.07 Å². The highest BCUT2D eigenvalue weighted by Gasteiger charge is 2.20. The quantitative estimate of drug-likeness (QED) is 0.203. The number of nitrogens with zero attached hydrogens (tertiary/aromatic N) is 1. The Morgan fingerprint density at radius 2 is 1.71 bits per heavy atom. The lowest BCUT2D eigenvalue weighted by molar-refractivity contribution is 0.0494. The van der Waals surface area contributed by atoms with Crippen molar-refractivity contribution < 1.29 is 18.4 Å². The van der Waals surface area contributed by atoms with Crippen LogP contribution < -0.4 is 11.3 Å². The molecule has 176 valence electrons. The number of benzene rings is 2. The van der Waals surface area contributed by atoms with Crippen molar-refractivity contribution in [2.75, 3.05) is 12.3 Å². The van der Waals surface area contributed by atoms with Gasteiger partial charge in [-0.15, -0.1) is 0 Å². The van der Waals surface area contributed by atoms with Crippen LogP contribution in [0.2, 0.25) is 10.0 Å². The van der Waals surface area contributed by atoms with Crippen LogP contribution in [0, 0.1) is 5.41 Å². The van der Waals surface area contributed by atoms with Crippen molar-refractivity contribution in [2.24, 2.45) is 0 Å². The van der Waals surface area contributed by atoms with Gasteiger partial charge in [-0.1, -0.05) is 35.3 Å². The van der Waals surface area contributed by atoms with Crippen molar-refractivity contribution >= 4 is 74.1 Å². The van der Waals surface area contributed by atoms with Crippen LogP contribution in [0.3, 0.4) is 0 Å². The molecule has 11 heteroatoms. The summed E-state index contributed by atoms with van der Waals surface area (Å²) >= 11 is 11.9. The highest BCUT2D eigenvalue weighted by Crippen LogP contribution is 2.33. The highest BCUT2D eigenvalue weighted by molar-refractivity contribution is 6.36. The van der Waals surface area contributed by atoms with Crippen molar-refractivity contribution in [1.82, 2.24) is 9.97 Å². The molecule has 0 atom stereocenters. The van der Waals surface area contributed by atoms with Crippen LogP contribution in [0.4, 0.5) is 5.69 Å². The number of carbonyl (C=O) groups excluding carboxylic acids is 1. The predicted octanol–water partition coefficient (Wildman–Crippen LogP) is 5.82. The third-order valence-electron chi connectivity index (χ3n) is 4.40. The smallest absolute Gasteiger partial charge is 0.376 e. The van der Waals surface area contributed by atoms with Gasteiger partial charge in [0.25, 0.3) is 5.56 Å². The third-order valence-corrected chi connectivity index (χ3v) is 5.00. The normalized spacial score (nSPS) is 10.4. The molecule has 0 fully saturated rings. The number of furan rings is 2. The molecule has 0 aliphatic carbocycles. The van der Waals surface area contributed by atoms with Gasteiger partial charge in [0, 0.05) is 10.8 Å². The summed E-state index contributed by atoms with van der Waals surface area (Å²) in [4.78, 5) is 29.4. The average Bonchev–Trinajstić information content (AvgIpc) is 3.36. The molecule has 3 heterocycles. The van der Waals surface area contributed by atoms with E-state index in [4.69, 9.17) is 47.9 Å². The molecule has 0 unspecified atom stereocenters. The zero-order chi connectivity index (χ0) is 24.8. The standard InChI is InChI=1S/C11H10ClNO3.C10H5ClN2O2.C2H5N/c1-2-15-11(14)10-8(13)6-4-3-5-7(12)9(6)16-10;11-6-3-1-2-5-7-9(15-8(5)6)10(14)13-4-12-7;1-2-3/h3-5H,2,13H2,1H3;1-4H,(H,12,13,14);2-3H,1H3. The zero-order valence-electron chi connectivity index (χ0n) is 18.1. The number of nitrogens with one attached hydrogen (secondary N) is 2. The molecule has 34 heavy (non-hydrogen) atoms. The number of carbonyl (C=O) groups is 1. The molecule has 4 N–H and O–H groups in total. The van der Waals surface area contributed by atoms with Gasteiger partial charge in [-0.05, 0) is 44.3 Å². The van der Waals surface area contributed by atoms with Gasteiger partial charge in [0.1, 0.15) is 5.52 Å². The van der Waals surface area contributed by atoms with Gasteiger partial charge in [0.05, 0.1) is 28.7 Å². The van der Waals surface area contributed by atoms with Crippen molar-refractivity contribution in [1.29, 1.82) is 5.41 Å². The first-order valence-electron chi connectivity index (χ1n) is 9.97. The van der Waals surface area contributed by atoms with E-state index < -0.39 is 5.97 Å². The van der Waals surface area contributed by atoms with E-state index >= 15 is 0 Å². The maximum absolute atomic E-state index is 11.5. The zero-order valence-corrected chi connectivity index (χ0v) is 19.7. The number of anilines is 1. The Morgan fingerprint density at radius 3 is 2.29 bits per heavy atom. The lowest BCUT2D eigenvalue weighted by Gasteiger charge is -1.97.